The Hall–Kier alpha value is -2.08. The lowest BCUT2D eigenvalue weighted by atomic mass is 10.3. The van der Waals surface area contributed by atoms with E-state index in [0.29, 0.717) is 17.1 Å². The highest BCUT2D eigenvalue weighted by molar-refractivity contribution is 7.92. The molecular weight excluding hydrogens is 274 g/mol. The zero-order valence-electron chi connectivity index (χ0n) is 11.6. The van der Waals surface area contributed by atoms with E-state index in [4.69, 9.17) is 0 Å². The third-order valence-corrected chi connectivity index (χ3v) is 4.34. The molecule has 5 nitrogen and oxygen atoms in total. The third-order valence-electron chi connectivity index (χ3n) is 2.92. The van der Waals surface area contributed by atoms with E-state index in [2.05, 4.69) is 15.0 Å². The van der Waals surface area contributed by atoms with Crippen LogP contribution in [0.4, 0.5) is 11.4 Å². The number of aryl methyl sites for hydroxylation is 2. The summed E-state index contributed by atoms with van der Waals surface area (Å²) in [6, 6.07) is 10.2. The van der Waals surface area contributed by atoms with E-state index >= 15 is 0 Å². The fraction of sp³-hybridized carbons (Fsp3) is 0.214. The first kappa shape index (κ1) is 14.3. The Kier molecular flexibility index (Phi) is 3.94. The molecule has 1 aromatic heterocycles. The maximum absolute atomic E-state index is 12.4. The lowest BCUT2D eigenvalue weighted by Gasteiger charge is -2.13. The molecule has 1 heterocycles. The first-order chi connectivity index (χ1) is 9.44. The molecule has 0 bridgehead atoms. The highest BCUT2D eigenvalue weighted by Gasteiger charge is 2.18. The summed E-state index contributed by atoms with van der Waals surface area (Å²) in [6.45, 7) is 3.64. The van der Waals surface area contributed by atoms with Gasteiger partial charge in [-0.05, 0) is 38.1 Å². The zero-order chi connectivity index (χ0) is 14.8. The number of para-hydroxylation sites is 1. The van der Waals surface area contributed by atoms with Crippen LogP contribution in [-0.4, -0.2) is 20.4 Å². The van der Waals surface area contributed by atoms with Crippen LogP contribution in [0.2, 0.25) is 0 Å². The fourth-order valence-electron chi connectivity index (χ4n) is 1.90. The summed E-state index contributed by atoms with van der Waals surface area (Å²) in [5, 5.41) is 2.88. The number of benzene rings is 1. The van der Waals surface area contributed by atoms with E-state index in [0.717, 1.165) is 5.69 Å². The Morgan fingerprint density at radius 2 is 1.70 bits per heavy atom. The van der Waals surface area contributed by atoms with Crippen LogP contribution in [-0.2, 0) is 10.0 Å². The van der Waals surface area contributed by atoms with Crippen molar-refractivity contribution in [1.82, 2.24) is 4.98 Å². The van der Waals surface area contributed by atoms with Gasteiger partial charge < -0.3 is 5.32 Å². The quantitative estimate of drug-likeness (QED) is 0.908. The molecule has 0 radical (unpaired) electrons. The summed E-state index contributed by atoms with van der Waals surface area (Å²) < 4.78 is 27.5. The number of hydrogen-bond donors (Lipinski definition) is 2. The molecule has 0 saturated carbocycles. The van der Waals surface area contributed by atoms with Crippen molar-refractivity contribution < 1.29 is 8.42 Å². The minimum Gasteiger partial charge on any atom is -0.387 e. The molecule has 0 aliphatic carbocycles. The van der Waals surface area contributed by atoms with Gasteiger partial charge in [0.25, 0.3) is 10.0 Å². The van der Waals surface area contributed by atoms with Crippen LogP contribution in [0, 0.1) is 13.8 Å². The summed E-state index contributed by atoms with van der Waals surface area (Å²) >= 11 is 0. The highest BCUT2D eigenvalue weighted by atomic mass is 32.2. The Labute approximate surface area is 119 Å². The zero-order valence-corrected chi connectivity index (χ0v) is 12.5. The lowest BCUT2D eigenvalue weighted by Crippen LogP contribution is -2.15. The van der Waals surface area contributed by atoms with Crippen LogP contribution in [0.15, 0.2) is 41.3 Å². The van der Waals surface area contributed by atoms with Crippen LogP contribution in [0.5, 0.6) is 0 Å². The largest absolute Gasteiger partial charge is 0.387 e. The molecule has 0 aliphatic heterocycles. The second kappa shape index (κ2) is 5.50. The van der Waals surface area contributed by atoms with Gasteiger partial charge in [0.2, 0.25) is 0 Å². The Bertz CT molecular complexity index is 727. The van der Waals surface area contributed by atoms with Gasteiger partial charge in [-0.15, -0.1) is 0 Å². The van der Waals surface area contributed by atoms with Gasteiger partial charge in [-0.3, -0.25) is 9.71 Å². The average molecular weight is 291 g/mol. The molecule has 0 aliphatic rings. The molecule has 6 heteroatoms. The molecule has 2 N–H and O–H groups in total. The number of rotatable bonds is 4. The SMILES string of the molecule is CNc1ccccc1S(=O)(=O)Nc1ccc(C)nc1C. The second-order valence-electron chi connectivity index (χ2n) is 4.44. The van der Waals surface area contributed by atoms with Gasteiger partial charge in [-0.2, -0.15) is 0 Å². The highest BCUT2D eigenvalue weighted by Crippen LogP contribution is 2.24. The van der Waals surface area contributed by atoms with Crippen molar-refractivity contribution in [3.05, 3.63) is 47.8 Å². The van der Waals surface area contributed by atoms with Gasteiger partial charge in [-0.25, -0.2) is 8.42 Å². The number of aromatic nitrogens is 1. The summed E-state index contributed by atoms with van der Waals surface area (Å²) in [5.74, 6) is 0. The number of sulfonamides is 1. The molecule has 0 fully saturated rings. The van der Waals surface area contributed by atoms with Crippen LogP contribution >= 0.6 is 0 Å². The van der Waals surface area contributed by atoms with E-state index in [9.17, 15) is 8.42 Å². The molecule has 106 valence electrons. The third kappa shape index (κ3) is 2.91. The molecule has 2 rings (SSSR count). The second-order valence-corrected chi connectivity index (χ2v) is 6.09. The van der Waals surface area contributed by atoms with Crippen molar-refractivity contribution in [2.45, 2.75) is 18.7 Å². The van der Waals surface area contributed by atoms with Gasteiger partial charge in [0.15, 0.2) is 0 Å². The van der Waals surface area contributed by atoms with Crippen LogP contribution < -0.4 is 10.0 Å². The van der Waals surface area contributed by atoms with Gasteiger partial charge >= 0.3 is 0 Å². The van der Waals surface area contributed by atoms with E-state index in [1.54, 1.807) is 50.4 Å². The fourth-order valence-corrected chi connectivity index (χ4v) is 3.23. The Morgan fingerprint density at radius 1 is 1.00 bits per heavy atom. The standard InChI is InChI=1S/C14H17N3O2S/c1-10-8-9-12(11(2)16-10)17-20(18,19)14-7-5-4-6-13(14)15-3/h4-9,15,17H,1-3H3. The minimum atomic E-state index is -3.64. The molecular formula is C14H17N3O2S. The molecule has 0 atom stereocenters. The predicted octanol–water partition coefficient (Wildman–Crippen LogP) is 2.54. The Balaban J connectivity index is 2.41. The van der Waals surface area contributed by atoms with Gasteiger partial charge in [0.1, 0.15) is 4.90 Å². The molecule has 0 unspecified atom stereocenters. The van der Waals surface area contributed by atoms with Gasteiger partial charge in [0.05, 0.1) is 17.1 Å². The number of nitrogens with one attached hydrogen (secondary N) is 2. The average Bonchev–Trinajstić information content (AvgIpc) is 2.42. The molecule has 20 heavy (non-hydrogen) atoms. The van der Waals surface area contributed by atoms with Crippen molar-refractivity contribution >= 4 is 21.4 Å². The molecule has 0 saturated heterocycles. The summed E-state index contributed by atoms with van der Waals surface area (Å²) in [4.78, 5) is 4.46. The van der Waals surface area contributed by atoms with Crippen LogP contribution in [0.25, 0.3) is 0 Å². The van der Waals surface area contributed by atoms with Crippen LogP contribution in [0.3, 0.4) is 0 Å². The molecule has 0 spiro atoms. The van der Waals surface area contributed by atoms with Crippen molar-refractivity contribution in [2.24, 2.45) is 0 Å². The van der Waals surface area contributed by atoms with E-state index in [-0.39, 0.29) is 4.90 Å². The monoisotopic (exact) mass is 291 g/mol. The molecule has 1 aromatic carbocycles. The topological polar surface area (TPSA) is 71.1 Å². The van der Waals surface area contributed by atoms with Crippen molar-refractivity contribution in [1.29, 1.82) is 0 Å². The Morgan fingerprint density at radius 3 is 2.35 bits per heavy atom. The van der Waals surface area contributed by atoms with Crippen molar-refractivity contribution in [2.75, 3.05) is 17.1 Å². The number of pyridine rings is 1. The van der Waals surface area contributed by atoms with E-state index in [1.807, 2.05) is 6.92 Å². The smallest absolute Gasteiger partial charge is 0.264 e. The van der Waals surface area contributed by atoms with Crippen molar-refractivity contribution in [3.8, 4) is 0 Å². The molecule has 2 aromatic rings. The summed E-state index contributed by atoms with van der Waals surface area (Å²) in [5.41, 5.74) is 2.54. The normalized spacial score (nSPS) is 11.2. The van der Waals surface area contributed by atoms with Gasteiger partial charge in [-0.1, -0.05) is 12.1 Å². The minimum absolute atomic E-state index is 0.211. The number of hydrogen-bond acceptors (Lipinski definition) is 4. The first-order valence-electron chi connectivity index (χ1n) is 6.18. The lowest BCUT2D eigenvalue weighted by molar-refractivity contribution is 0.601. The molecule has 0 amide bonds. The number of nitrogens with zero attached hydrogens (tertiary/aromatic N) is 1. The maximum Gasteiger partial charge on any atom is 0.264 e. The number of anilines is 2. The maximum atomic E-state index is 12.4. The van der Waals surface area contributed by atoms with E-state index in [1.165, 1.54) is 0 Å². The van der Waals surface area contributed by atoms with Crippen molar-refractivity contribution in [3.63, 3.8) is 0 Å². The van der Waals surface area contributed by atoms with E-state index < -0.39 is 10.0 Å². The van der Waals surface area contributed by atoms with Crippen LogP contribution in [0.1, 0.15) is 11.4 Å². The summed E-state index contributed by atoms with van der Waals surface area (Å²) in [6.07, 6.45) is 0. The van der Waals surface area contributed by atoms with Gasteiger partial charge in [0, 0.05) is 12.7 Å². The first-order valence-corrected chi connectivity index (χ1v) is 7.66. The predicted molar refractivity (Wildman–Crippen MR) is 80.5 cm³/mol. The summed E-state index contributed by atoms with van der Waals surface area (Å²) in [7, 11) is -1.96.